The Labute approximate surface area is 137 Å². The number of halogens is 2. The maximum absolute atomic E-state index is 6.13. The number of alkyl halides is 1. The molecule has 1 heterocycles. The highest BCUT2D eigenvalue weighted by atomic mass is 79.9. The fourth-order valence-electron chi connectivity index (χ4n) is 2.65. The van der Waals surface area contributed by atoms with Crippen LogP contribution in [0.5, 0.6) is 0 Å². The number of fused-ring (bicyclic) bond motifs is 1. The number of aromatic nitrogens is 2. The highest BCUT2D eigenvalue weighted by Crippen LogP contribution is 2.28. The van der Waals surface area contributed by atoms with E-state index >= 15 is 0 Å². The Kier molecular flexibility index (Phi) is 4.05. The molecular formula is C17H16BrClN2. The zero-order chi connectivity index (χ0) is 15.0. The highest BCUT2D eigenvalue weighted by molar-refractivity contribution is 9.10. The molecule has 3 rings (SSSR count). The summed E-state index contributed by atoms with van der Waals surface area (Å²) in [6, 6.07) is 12.7. The molecule has 0 aliphatic carbocycles. The van der Waals surface area contributed by atoms with E-state index in [2.05, 4.69) is 75.7 Å². The molecule has 21 heavy (non-hydrogen) atoms. The smallest absolute Gasteiger partial charge is 0.129 e. The molecule has 0 amide bonds. The molecule has 0 aliphatic heterocycles. The molecule has 0 saturated heterocycles. The van der Waals surface area contributed by atoms with Crippen molar-refractivity contribution in [1.29, 1.82) is 0 Å². The molecule has 0 fully saturated rings. The van der Waals surface area contributed by atoms with Crippen LogP contribution in [0, 0.1) is 6.92 Å². The molecule has 0 unspecified atom stereocenters. The van der Waals surface area contributed by atoms with Crippen molar-refractivity contribution in [3.63, 3.8) is 0 Å². The highest BCUT2D eigenvalue weighted by Gasteiger charge is 2.14. The predicted octanol–water partition coefficient (Wildman–Crippen LogP) is 5.40. The van der Waals surface area contributed by atoms with Crippen LogP contribution in [0.25, 0.3) is 16.7 Å². The molecule has 108 valence electrons. The van der Waals surface area contributed by atoms with E-state index in [-0.39, 0.29) is 0 Å². The van der Waals surface area contributed by atoms with E-state index in [0.29, 0.717) is 5.88 Å². The summed E-state index contributed by atoms with van der Waals surface area (Å²) >= 11 is 9.67. The summed E-state index contributed by atoms with van der Waals surface area (Å²) in [6.07, 6.45) is 0.960. The lowest BCUT2D eigenvalue weighted by Gasteiger charge is -2.13. The second kappa shape index (κ2) is 5.82. The molecular weight excluding hydrogens is 348 g/mol. The van der Waals surface area contributed by atoms with Crippen molar-refractivity contribution >= 4 is 38.6 Å². The van der Waals surface area contributed by atoms with Crippen LogP contribution in [-0.4, -0.2) is 9.55 Å². The molecule has 0 N–H and O–H groups in total. The van der Waals surface area contributed by atoms with E-state index in [4.69, 9.17) is 11.6 Å². The molecule has 0 bridgehead atoms. The second-order valence-electron chi connectivity index (χ2n) is 5.12. The van der Waals surface area contributed by atoms with Gasteiger partial charge in [-0.05, 0) is 54.8 Å². The van der Waals surface area contributed by atoms with E-state index in [0.717, 1.165) is 33.4 Å². The van der Waals surface area contributed by atoms with Crippen molar-refractivity contribution in [2.75, 3.05) is 0 Å². The van der Waals surface area contributed by atoms with Gasteiger partial charge in [0.2, 0.25) is 0 Å². The van der Waals surface area contributed by atoms with Crippen molar-refractivity contribution in [3.05, 3.63) is 57.8 Å². The van der Waals surface area contributed by atoms with Crippen LogP contribution in [-0.2, 0) is 12.3 Å². The molecule has 1 aromatic heterocycles. The Balaban J connectivity index is 2.33. The third-order valence-electron chi connectivity index (χ3n) is 3.66. The normalized spacial score (nSPS) is 11.2. The summed E-state index contributed by atoms with van der Waals surface area (Å²) < 4.78 is 3.27. The van der Waals surface area contributed by atoms with Gasteiger partial charge in [0.25, 0.3) is 0 Å². The molecule has 2 aromatic carbocycles. The zero-order valence-electron chi connectivity index (χ0n) is 12.0. The van der Waals surface area contributed by atoms with Crippen molar-refractivity contribution in [2.24, 2.45) is 0 Å². The predicted molar refractivity (Wildman–Crippen MR) is 92.4 cm³/mol. The summed E-state index contributed by atoms with van der Waals surface area (Å²) in [7, 11) is 0. The van der Waals surface area contributed by atoms with Crippen LogP contribution in [0.1, 0.15) is 23.9 Å². The number of benzene rings is 2. The molecule has 0 saturated carbocycles. The van der Waals surface area contributed by atoms with Crippen molar-refractivity contribution < 1.29 is 0 Å². The molecule has 0 atom stereocenters. The Morgan fingerprint density at radius 2 is 2.00 bits per heavy atom. The zero-order valence-corrected chi connectivity index (χ0v) is 14.4. The van der Waals surface area contributed by atoms with Gasteiger partial charge in [-0.3, -0.25) is 4.57 Å². The molecule has 0 spiro atoms. The summed E-state index contributed by atoms with van der Waals surface area (Å²) in [5.41, 5.74) is 5.74. The maximum Gasteiger partial charge on any atom is 0.129 e. The Morgan fingerprint density at radius 3 is 2.71 bits per heavy atom. The maximum atomic E-state index is 6.13. The van der Waals surface area contributed by atoms with Gasteiger partial charge >= 0.3 is 0 Å². The van der Waals surface area contributed by atoms with E-state index in [1.165, 1.54) is 11.1 Å². The summed E-state index contributed by atoms with van der Waals surface area (Å²) in [6.45, 7) is 4.24. The third kappa shape index (κ3) is 2.60. The van der Waals surface area contributed by atoms with Crippen molar-refractivity contribution in [1.82, 2.24) is 9.55 Å². The minimum absolute atomic E-state index is 0.396. The van der Waals surface area contributed by atoms with Gasteiger partial charge in [-0.2, -0.15) is 0 Å². The number of imidazole rings is 1. The minimum atomic E-state index is 0.396. The second-order valence-corrected chi connectivity index (χ2v) is 6.30. The quantitative estimate of drug-likeness (QED) is 0.570. The van der Waals surface area contributed by atoms with Crippen molar-refractivity contribution in [2.45, 2.75) is 26.1 Å². The van der Waals surface area contributed by atoms with Crippen LogP contribution < -0.4 is 0 Å². The standard InChI is InChI=1S/C17H16BrClN2/c1-3-12-9-13(18)5-7-15(12)21-16-6-4-11(2)8-14(16)20-17(21)10-19/h4-9H,3,10H2,1-2H3. The minimum Gasteiger partial charge on any atom is -0.295 e. The first-order valence-electron chi connectivity index (χ1n) is 6.96. The monoisotopic (exact) mass is 362 g/mol. The van der Waals surface area contributed by atoms with Crippen LogP contribution in [0.15, 0.2) is 40.9 Å². The third-order valence-corrected chi connectivity index (χ3v) is 4.39. The van der Waals surface area contributed by atoms with Gasteiger partial charge < -0.3 is 0 Å². The van der Waals surface area contributed by atoms with Gasteiger partial charge in [0.1, 0.15) is 5.82 Å². The van der Waals surface area contributed by atoms with E-state index in [9.17, 15) is 0 Å². The Morgan fingerprint density at radius 1 is 1.19 bits per heavy atom. The molecule has 0 radical (unpaired) electrons. The first-order valence-corrected chi connectivity index (χ1v) is 8.29. The lowest BCUT2D eigenvalue weighted by atomic mass is 10.1. The van der Waals surface area contributed by atoms with Gasteiger partial charge in [-0.15, -0.1) is 11.6 Å². The fraction of sp³-hybridized carbons (Fsp3) is 0.235. The Bertz CT molecular complexity index is 808. The summed E-state index contributed by atoms with van der Waals surface area (Å²) in [5.74, 6) is 1.28. The van der Waals surface area contributed by atoms with Crippen LogP contribution >= 0.6 is 27.5 Å². The number of nitrogens with zero attached hydrogens (tertiary/aromatic N) is 2. The van der Waals surface area contributed by atoms with Crippen molar-refractivity contribution in [3.8, 4) is 5.69 Å². The van der Waals surface area contributed by atoms with Gasteiger partial charge in [0.05, 0.1) is 22.6 Å². The number of hydrogen-bond donors (Lipinski definition) is 0. The van der Waals surface area contributed by atoms with E-state index < -0.39 is 0 Å². The molecule has 0 aliphatic rings. The first-order chi connectivity index (χ1) is 10.1. The van der Waals surface area contributed by atoms with Gasteiger partial charge in [-0.25, -0.2) is 4.98 Å². The van der Waals surface area contributed by atoms with Crippen LogP contribution in [0.2, 0.25) is 0 Å². The average Bonchev–Trinajstić information content (AvgIpc) is 2.84. The van der Waals surface area contributed by atoms with E-state index in [1.807, 2.05) is 0 Å². The fourth-order valence-corrected chi connectivity index (χ4v) is 3.24. The van der Waals surface area contributed by atoms with Gasteiger partial charge in [0, 0.05) is 4.47 Å². The summed E-state index contributed by atoms with van der Waals surface area (Å²) in [4.78, 5) is 4.69. The largest absolute Gasteiger partial charge is 0.295 e. The van der Waals surface area contributed by atoms with Crippen LogP contribution in [0.4, 0.5) is 0 Å². The molecule has 4 heteroatoms. The average molecular weight is 364 g/mol. The lowest BCUT2D eigenvalue weighted by Crippen LogP contribution is -2.03. The SMILES string of the molecule is CCc1cc(Br)ccc1-n1c(CCl)nc2cc(C)ccc21. The molecule has 2 nitrogen and oxygen atoms in total. The Hall–Kier alpha value is -1.32. The topological polar surface area (TPSA) is 17.8 Å². The first kappa shape index (κ1) is 14.6. The number of rotatable bonds is 3. The van der Waals surface area contributed by atoms with Crippen LogP contribution in [0.3, 0.4) is 0 Å². The molecule has 3 aromatic rings. The van der Waals surface area contributed by atoms with Gasteiger partial charge in [-0.1, -0.05) is 28.9 Å². The van der Waals surface area contributed by atoms with E-state index in [1.54, 1.807) is 0 Å². The lowest BCUT2D eigenvalue weighted by molar-refractivity contribution is 0.954. The summed E-state index contributed by atoms with van der Waals surface area (Å²) in [5, 5.41) is 0. The van der Waals surface area contributed by atoms with Gasteiger partial charge in [0.15, 0.2) is 0 Å². The number of aryl methyl sites for hydroxylation is 2. The number of hydrogen-bond acceptors (Lipinski definition) is 1.